The van der Waals surface area contributed by atoms with Crippen LogP contribution in [0.2, 0.25) is 0 Å². The third-order valence-electron chi connectivity index (χ3n) is 3.57. The molecule has 1 amide bonds. The average Bonchev–Trinajstić information content (AvgIpc) is 2.51. The van der Waals surface area contributed by atoms with Crippen LogP contribution in [0, 0.1) is 0 Å². The number of rotatable bonds is 6. The zero-order chi connectivity index (χ0) is 18.7. The van der Waals surface area contributed by atoms with E-state index in [0.29, 0.717) is 18.8 Å². The van der Waals surface area contributed by atoms with Gasteiger partial charge in [0.15, 0.2) is 6.61 Å². The molecule has 2 rings (SSSR count). The van der Waals surface area contributed by atoms with Crippen molar-refractivity contribution in [3.8, 4) is 5.75 Å². The van der Waals surface area contributed by atoms with Crippen molar-refractivity contribution in [1.29, 1.82) is 0 Å². The summed E-state index contributed by atoms with van der Waals surface area (Å²) in [5.74, 6) is 0.172. The van der Waals surface area contributed by atoms with Gasteiger partial charge >= 0.3 is 17.7 Å². The fraction of sp³-hybridized carbons (Fsp3) is 0.500. The summed E-state index contributed by atoms with van der Waals surface area (Å²) in [5.41, 5.74) is 0. The highest BCUT2D eigenvalue weighted by atomic mass is 32.2. The lowest BCUT2D eigenvalue weighted by atomic mass is 10.3. The Kier molecular flexibility index (Phi) is 6.23. The number of carbonyl (C=O) groups is 1. The molecule has 0 spiro atoms. The van der Waals surface area contributed by atoms with Crippen LogP contribution in [0.4, 0.5) is 0 Å². The lowest BCUT2D eigenvalue weighted by Crippen LogP contribution is -2.48. The number of ether oxygens (including phenoxy) is 1. The molecule has 25 heavy (non-hydrogen) atoms. The van der Waals surface area contributed by atoms with Crippen molar-refractivity contribution in [3.05, 3.63) is 24.3 Å². The summed E-state index contributed by atoms with van der Waals surface area (Å²) >= 11 is 0. The van der Waals surface area contributed by atoms with Gasteiger partial charge in [-0.2, -0.15) is 12.4 Å². The Morgan fingerprint density at radius 3 is 2.28 bits per heavy atom. The summed E-state index contributed by atoms with van der Waals surface area (Å²) in [5, 5.41) is 0. The van der Waals surface area contributed by atoms with Gasteiger partial charge < -0.3 is 19.4 Å². The molecule has 1 N–H and O–H groups in total. The third kappa shape index (κ3) is 6.09. The van der Waals surface area contributed by atoms with Crippen LogP contribution >= 0.6 is 7.60 Å². The van der Waals surface area contributed by atoms with Gasteiger partial charge in [0, 0.05) is 32.8 Å². The fourth-order valence-corrected chi connectivity index (χ4v) is 4.49. The van der Waals surface area contributed by atoms with E-state index in [1.54, 1.807) is 4.90 Å². The molecule has 1 fully saturated rings. The Bertz CT molecular complexity index is 752. The molecule has 1 heterocycles. The van der Waals surface area contributed by atoms with Gasteiger partial charge in [-0.3, -0.25) is 9.36 Å². The highest BCUT2D eigenvalue weighted by Crippen LogP contribution is 2.40. The van der Waals surface area contributed by atoms with Crippen LogP contribution in [-0.4, -0.2) is 75.5 Å². The van der Waals surface area contributed by atoms with Crippen LogP contribution in [0.5, 0.6) is 5.75 Å². The molecule has 1 saturated heterocycles. The number of benzene rings is 1. The van der Waals surface area contributed by atoms with Gasteiger partial charge in [0.05, 0.1) is 4.90 Å². The lowest BCUT2D eigenvalue weighted by molar-refractivity contribution is -0.134. The summed E-state index contributed by atoms with van der Waals surface area (Å²) in [7, 11) is -6.53. The number of hydrogen-bond acceptors (Lipinski definition) is 7. The molecular weight excluding hydrogens is 371 g/mol. The van der Waals surface area contributed by atoms with E-state index >= 15 is 0 Å². The molecule has 9 nitrogen and oxygen atoms in total. The first-order valence-corrected chi connectivity index (χ1v) is 11.0. The summed E-state index contributed by atoms with van der Waals surface area (Å²) in [6, 6.07) is 5.07. The zero-order valence-corrected chi connectivity index (χ0v) is 15.7. The molecule has 0 aromatic heterocycles. The minimum Gasteiger partial charge on any atom is -0.484 e. The van der Waals surface area contributed by atoms with Crippen molar-refractivity contribution in [1.82, 2.24) is 9.80 Å². The van der Waals surface area contributed by atoms with Crippen LogP contribution < -0.4 is 4.74 Å². The summed E-state index contributed by atoms with van der Waals surface area (Å²) < 4.78 is 44.3. The Morgan fingerprint density at radius 1 is 1.20 bits per heavy atom. The third-order valence-corrected chi connectivity index (χ3v) is 6.31. The second-order valence-corrected chi connectivity index (χ2v) is 9.36. The monoisotopic (exact) mass is 392 g/mol. The van der Waals surface area contributed by atoms with Crippen LogP contribution in [0.15, 0.2) is 29.2 Å². The molecule has 11 heteroatoms. The predicted octanol–water partition coefficient (Wildman–Crippen LogP) is 0.360. The van der Waals surface area contributed by atoms with Gasteiger partial charge in [0.1, 0.15) is 5.75 Å². The Morgan fingerprint density at radius 2 is 1.76 bits per heavy atom. The lowest BCUT2D eigenvalue weighted by Gasteiger charge is -2.32. The highest BCUT2D eigenvalue weighted by molar-refractivity contribution is 7.91. The molecule has 1 aliphatic heterocycles. The van der Waals surface area contributed by atoms with Crippen molar-refractivity contribution in [2.24, 2.45) is 0 Å². The largest absolute Gasteiger partial charge is 0.484 e. The van der Waals surface area contributed by atoms with Crippen molar-refractivity contribution in [3.63, 3.8) is 0 Å². The van der Waals surface area contributed by atoms with Gasteiger partial charge in [-0.25, -0.2) is 0 Å². The standard InChI is InChI=1S/C14H21N2O7PS/c1-15-7-9-16(10-8-15)14(17)11-22-12-3-5-13(6-4-12)25(20,21)23-24(2,18)19/h3-6H,7-11H2,1-2H3,(H,18,19). The number of nitrogens with zero attached hydrogens (tertiary/aromatic N) is 2. The van der Waals surface area contributed by atoms with E-state index in [1.165, 1.54) is 24.3 Å². The quantitative estimate of drug-likeness (QED) is 0.691. The SMILES string of the molecule is CN1CCN(C(=O)COc2ccc(S(=O)(=O)OP(C)(=O)O)cc2)CC1. The maximum absolute atomic E-state index is 12.1. The maximum Gasteiger partial charge on any atom is 0.339 e. The van der Waals surface area contributed by atoms with Crippen molar-refractivity contribution in [2.75, 3.05) is 46.5 Å². The molecular formula is C14H21N2O7PS. The fourth-order valence-electron chi connectivity index (χ4n) is 2.22. The number of hydrogen-bond donors (Lipinski definition) is 1. The maximum atomic E-state index is 12.1. The van der Waals surface area contributed by atoms with E-state index in [2.05, 4.69) is 8.87 Å². The van der Waals surface area contributed by atoms with Crippen molar-refractivity contribution < 1.29 is 31.4 Å². The second-order valence-electron chi connectivity index (χ2n) is 5.78. The summed E-state index contributed by atoms with van der Waals surface area (Å²) in [6.45, 7) is 3.55. The van der Waals surface area contributed by atoms with E-state index in [-0.39, 0.29) is 17.4 Å². The summed E-state index contributed by atoms with van der Waals surface area (Å²) in [4.78, 5) is 24.7. The Balaban J connectivity index is 1.92. The minimum absolute atomic E-state index is 0.139. The average molecular weight is 392 g/mol. The van der Waals surface area contributed by atoms with Gasteiger partial charge in [0.25, 0.3) is 5.91 Å². The van der Waals surface area contributed by atoms with E-state index in [1.807, 2.05) is 7.05 Å². The first kappa shape index (κ1) is 19.9. The van der Waals surface area contributed by atoms with Crippen molar-refractivity contribution >= 4 is 23.6 Å². The van der Waals surface area contributed by atoms with Crippen LogP contribution in [0.1, 0.15) is 0 Å². The van der Waals surface area contributed by atoms with E-state index in [9.17, 15) is 17.8 Å². The van der Waals surface area contributed by atoms with E-state index in [4.69, 9.17) is 9.63 Å². The molecule has 0 radical (unpaired) electrons. The second kappa shape index (κ2) is 7.84. The normalized spacial score (nSPS) is 18.6. The van der Waals surface area contributed by atoms with Gasteiger partial charge in [-0.15, -0.1) is 0 Å². The predicted molar refractivity (Wildman–Crippen MR) is 90.0 cm³/mol. The van der Waals surface area contributed by atoms with E-state index < -0.39 is 17.7 Å². The van der Waals surface area contributed by atoms with Gasteiger partial charge in [-0.1, -0.05) is 0 Å². The number of likely N-dealkylation sites (N-methyl/N-ethyl adjacent to an activating group) is 1. The highest BCUT2D eigenvalue weighted by Gasteiger charge is 2.25. The molecule has 1 aromatic carbocycles. The topological polar surface area (TPSA) is 113 Å². The smallest absolute Gasteiger partial charge is 0.339 e. The number of carbonyl (C=O) groups excluding carboxylic acids is 1. The first-order chi connectivity index (χ1) is 11.6. The van der Waals surface area contributed by atoms with E-state index in [0.717, 1.165) is 19.8 Å². The number of amides is 1. The Hall–Kier alpha value is -1.45. The Labute approximate surface area is 146 Å². The molecule has 1 atom stereocenters. The molecule has 1 aliphatic rings. The van der Waals surface area contributed by atoms with Gasteiger partial charge in [-0.05, 0) is 31.3 Å². The van der Waals surface area contributed by atoms with Crippen LogP contribution in [-0.2, 0) is 23.4 Å². The molecule has 0 bridgehead atoms. The van der Waals surface area contributed by atoms with Crippen molar-refractivity contribution in [2.45, 2.75) is 4.90 Å². The zero-order valence-electron chi connectivity index (χ0n) is 14.0. The molecule has 0 saturated carbocycles. The van der Waals surface area contributed by atoms with Gasteiger partial charge in [0.2, 0.25) is 0 Å². The molecule has 0 aliphatic carbocycles. The molecule has 1 unspecified atom stereocenters. The minimum atomic E-state index is -4.34. The molecule has 140 valence electrons. The summed E-state index contributed by atoms with van der Waals surface area (Å²) in [6.07, 6.45) is 0. The van der Waals surface area contributed by atoms with Crippen LogP contribution in [0.3, 0.4) is 0 Å². The molecule has 1 aromatic rings. The first-order valence-electron chi connectivity index (χ1n) is 7.52. The van der Waals surface area contributed by atoms with Crippen LogP contribution in [0.25, 0.3) is 0 Å². The number of piperazine rings is 1.